The Bertz CT molecular complexity index is 672. The molecule has 1 unspecified atom stereocenters. The number of carbonyl (C=O) groups is 2. The zero-order chi connectivity index (χ0) is 18.0. The zero-order valence-corrected chi connectivity index (χ0v) is 14.3. The molecule has 1 atom stereocenters. The highest BCUT2D eigenvalue weighted by atomic mass is 32.2. The van der Waals surface area contributed by atoms with Crippen LogP contribution in [0.2, 0.25) is 0 Å². The maximum atomic E-state index is 12.8. The van der Waals surface area contributed by atoms with Gasteiger partial charge in [-0.05, 0) is 31.0 Å². The summed E-state index contributed by atoms with van der Waals surface area (Å²) in [4.78, 5) is 24.9. The van der Waals surface area contributed by atoms with Crippen molar-refractivity contribution < 1.29 is 22.8 Å². The summed E-state index contributed by atoms with van der Waals surface area (Å²) in [7, 11) is 0. The molecule has 3 rings (SSSR count). The summed E-state index contributed by atoms with van der Waals surface area (Å²) in [5.41, 5.74) is -0.658. The minimum Gasteiger partial charge on any atom is -0.353 e. The summed E-state index contributed by atoms with van der Waals surface area (Å²) in [6, 6.07) is 3.43. The second-order valence-electron chi connectivity index (χ2n) is 6.41. The van der Waals surface area contributed by atoms with E-state index in [4.69, 9.17) is 0 Å². The number of nitrogens with one attached hydrogen (secondary N) is 2. The Labute approximate surface area is 147 Å². The average molecular weight is 372 g/mol. The molecular formula is C17H19F3N2O2S. The van der Waals surface area contributed by atoms with Crippen LogP contribution < -0.4 is 10.6 Å². The van der Waals surface area contributed by atoms with Gasteiger partial charge in [-0.1, -0.05) is 19.3 Å². The number of halogens is 3. The van der Waals surface area contributed by atoms with Gasteiger partial charge in [0.05, 0.1) is 16.5 Å². The van der Waals surface area contributed by atoms with Gasteiger partial charge in [0.1, 0.15) is 0 Å². The monoisotopic (exact) mass is 372 g/mol. The summed E-state index contributed by atoms with van der Waals surface area (Å²) >= 11 is 1.13. The first kappa shape index (κ1) is 18.1. The second-order valence-corrected chi connectivity index (χ2v) is 7.66. The van der Waals surface area contributed by atoms with Crippen LogP contribution in [0.5, 0.6) is 0 Å². The molecule has 1 aromatic carbocycles. The van der Waals surface area contributed by atoms with Crippen LogP contribution in [0.1, 0.15) is 44.1 Å². The van der Waals surface area contributed by atoms with Gasteiger partial charge in [0.15, 0.2) is 0 Å². The van der Waals surface area contributed by atoms with Crippen LogP contribution in [-0.2, 0) is 15.8 Å². The van der Waals surface area contributed by atoms with Gasteiger partial charge in [0.2, 0.25) is 11.8 Å². The highest BCUT2D eigenvalue weighted by molar-refractivity contribution is 8.01. The molecule has 1 aliphatic carbocycles. The van der Waals surface area contributed by atoms with E-state index >= 15 is 0 Å². The number of amides is 2. The Hall–Kier alpha value is -1.70. The van der Waals surface area contributed by atoms with Crippen molar-refractivity contribution in [3.8, 4) is 0 Å². The topological polar surface area (TPSA) is 58.2 Å². The molecule has 2 aliphatic rings. The Morgan fingerprint density at radius 1 is 1.24 bits per heavy atom. The van der Waals surface area contributed by atoms with E-state index in [0.717, 1.165) is 49.6 Å². The Morgan fingerprint density at radius 3 is 2.64 bits per heavy atom. The van der Waals surface area contributed by atoms with E-state index in [1.54, 1.807) is 0 Å². The number of rotatable bonds is 3. The van der Waals surface area contributed by atoms with E-state index in [0.29, 0.717) is 4.90 Å². The van der Waals surface area contributed by atoms with Crippen molar-refractivity contribution in [2.24, 2.45) is 0 Å². The zero-order valence-electron chi connectivity index (χ0n) is 13.5. The molecule has 0 aromatic heterocycles. The normalized spacial score (nSPS) is 21.4. The van der Waals surface area contributed by atoms with Crippen LogP contribution in [-0.4, -0.2) is 23.1 Å². The largest absolute Gasteiger partial charge is 0.416 e. The lowest BCUT2D eigenvalue weighted by Crippen LogP contribution is -2.40. The maximum absolute atomic E-state index is 12.8. The first-order valence-electron chi connectivity index (χ1n) is 8.31. The molecule has 8 heteroatoms. The van der Waals surface area contributed by atoms with Crippen molar-refractivity contribution in [1.29, 1.82) is 0 Å². The quantitative estimate of drug-likeness (QED) is 0.844. The molecule has 1 fully saturated rings. The van der Waals surface area contributed by atoms with Crippen LogP contribution >= 0.6 is 11.8 Å². The van der Waals surface area contributed by atoms with E-state index in [-0.39, 0.29) is 24.1 Å². The molecule has 1 heterocycles. The highest BCUT2D eigenvalue weighted by Crippen LogP contribution is 2.40. The molecule has 25 heavy (non-hydrogen) atoms. The van der Waals surface area contributed by atoms with Crippen LogP contribution in [0.4, 0.5) is 18.9 Å². The third-order valence-corrected chi connectivity index (χ3v) is 5.74. The van der Waals surface area contributed by atoms with E-state index in [9.17, 15) is 22.8 Å². The van der Waals surface area contributed by atoms with Crippen molar-refractivity contribution >= 4 is 29.3 Å². The predicted molar refractivity (Wildman–Crippen MR) is 89.4 cm³/mol. The summed E-state index contributed by atoms with van der Waals surface area (Å²) in [6.07, 6.45) is 0.854. The fourth-order valence-corrected chi connectivity index (χ4v) is 4.25. The van der Waals surface area contributed by atoms with E-state index in [2.05, 4.69) is 10.6 Å². The number of alkyl halides is 3. The second kappa shape index (κ2) is 7.27. The van der Waals surface area contributed by atoms with E-state index < -0.39 is 22.9 Å². The van der Waals surface area contributed by atoms with Gasteiger partial charge in [-0.3, -0.25) is 9.59 Å². The van der Waals surface area contributed by atoms with Crippen LogP contribution in [0.3, 0.4) is 0 Å². The minimum atomic E-state index is -4.46. The molecule has 0 saturated heterocycles. The molecular weight excluding hydrogens is 353 g/mol. The van der Waals surface area contributed by atoms with Crippen LogP contribution in [0, 0.1) is 0 Å². The lowest BCUT2D eigenvalue weighted by molar-refractivity contribution is -0.137. The fraction of sp³-hybridized carbons (Fsp3) is 0.529. The molecule has 2 amide bonds. The van der Waals surface area contributed by atoms with Crippen molar-refractivity contribution in [2.75, 3.05) is 5.32 Å². The number of thioether (sulfide) groups is 1. The minimum absolute atomic E-state index is 0.0213. The first-order chi connectivity index (χ1) is 11.8. The summed E-state index contributed by atoms with van der Waals surface area (Å²) in [5.74, 6) is -0.620. The van der Waals surface area contributed by atoms with Gasteiger partial charge in [-0.25, -0.2) is 0 Å². The van der Waals surface area contributed by atoms with Gasteiger partial charge < -0.3 is 10.6 Å². The molecule has 1 aromatic rings. The number of hydrogen-bond acceptors (Lipinski definition) is 3. The van der Waals surface area contributed by atoms with Crippen molar-refractivity contribution in [3.05, 3.63) is 23.8 Å². The standard InChI is InChI=1S/C17H19F3N2O2S/c18-17(19,20)10-6-7-13-12(8-10)22-16(24)14(25-13)9-15(23)21-11-4-2-1-3-5-11/h6-8,11,14H,1-5,9H2,(H,21,23)(H,22,24). The molecule has 136 valence electrons. The van der Waals surface area contributed by atoms with Gasteiger partial charge in [0.25, 0.3) is 0 Å². The number of benzene rings is 1. The molecule has 1 aliphatic heterocycles. The third-order valence-electron chi connectivity index (χ3n) is 4.47. The van der Waals surface area contributed by atoms with Gasteiger partial charge in [-0.2, -0.15) is 13.2 Å². The molecule has 0 spiro atoms. The van der Waals surface area contributed by atoms with Crippen molar-refractivity contribution in [2.45, 2.75) is 60.9 Å². The molecule has 4 nitrogen and oxygen atoms in total. The van der Waals surface area contributed by atoms with Crippen molar-refractivity contribution in [3.63, 3.8) is 0 Å². The predicted octanol–water partition coefficient (Wildman–Crippen LogP) is 3.96. The van der Waals surface area contributed by atoms with Gasteiger partial charge in [0, 0.05) is 17.4 Å². The number of anilines is 1. The van der Waals surface area contributed by atoms with E-state index in [1.165, 1.54) is 12.5 Å². The maximum Gasteiger partial charge on any atom is 0.416 e. The molecule has 1 saturated carbocycles. The lowest BCUT2D eigenvalue weighted by Gasteiger charge is -2.26. The number of fused-ring (bicyclic) bond motifs is 1. The Kier molecular flexibility index (Phi) is 5.27. The molecule has 0 radical (unpaired) electrons. The summed E-state index contributed by atoms with van der Waals surface area (Å²) < 4.78 is 38.3. The molecule has 0 bridgehead atoms. The Balaban J connectivity index is 1.63. The van der Waals surface area contributed by atoms with Crippen LogP contribution in [0.25, 0.3) is 0 Å². The number of carbonyl (C=O) groups excluding carboxylic acids is 2. The van der Waals surface area contributed by atoms with Gasteiger partial charge in [-0.15, -0.1) is 11.8 Å². The number of hydrogen-bond donors (Lipinski definition) is 2. The molecule has 2 N–H and O–H groups in total. The van der Waals surface area contributed by atoms with Gasteiger partial charge >= 0.3 is 6.18 Å². The smallest absolute Gasteiger partial charge is 0.353 e. The summed E-state index contributed by atoms with van der Waals surface area (Å²) in [6.45, 7) is 0. The Morgan fingerprint density at radius 2 is 1.96 bits per heavy atom. The fourth-order valence-electron chi connectivity index (χ4n) is 3.16. The first-order valence-corrected chi connectivity index (χ1v) is 9.19. The average Bonchev–Trinajstić information content (AvgIpc) is 2.55. The third kappa shape index (κ3) is 4.48. The van der Waals surface area contributed by atoms with Crippen molar-refractivity contribution in [1.82, 2.24) is 5.32 Å². The highest BCUT2D eigenvalue weighted by Gasteiger charge is 2.34. The van der Waals surface area contributed by atoms with E-state index in [1.807, 2.05) is 0 Å². The SMILES string of the molecule is O=C(CC1Sc2ccc(C(F)(F)F)cc2NC1=O)NC1CCCCC1. The van der Waals surface area contributed by atoms with Crippen LogP contribution in [0.15, 0.2) is 23.1 Å². The summed E-state index contributed by atoms with van der Waals surface area (Å²) in [5, 5.41) is 4.82. The lowest BCUT2D eigenvalue weighted by atomic mass is 9.95.